The van der Waals surface area contributed by atoms with E-state index in [1.807, 2.05) is 4.90 Å². The molecule has 1 aliphatic carbocycles. The molecule has 0 bridgehead atoms. The third-order valence-corrected chi connectivity index (χ3v) is 9.11. The number of aromatic nitrogens is 2. The zero-order valence-electron chi connectivity index (χ0n) is 24.0. The Morgan fingerprint density at radius 2 is 1.73 bits per heavy atom. The van der Waals surface area contributed by atoms with E-state index in [9.17, 15) is 9.59 Å². The van der Waals surface area contributed by atoms with Crippen LogP contribution in [0.1, 0.15) is 115 Å². The topological polar surface area (TPSA) is 81.3 Å². The van der Waals surface area contributed by atoms with Gasteiger partial charge in [-0.25, -0.2) is 0 Å². The van der Waals surface area contributed by atoms with Gasteiger partial charge in [-0.15, -0.1) is 12.4 Å². The largest absolute Gasteiger partial charge is 0.342 e. The normalized spacial score (nSPS) is 24.2. The van der Waals surface area contributed by atoms with Gasteiger partial charge in [0.2, 0.25) is 11.8 Å². The van der Waals surface area contributed by atoms with Crippen LogP contribution in [0.15, 0.2) is 0 Å². The van der Waals surface area contributed by atoms with Crippen molar-refractivity contribution in [2.45, 2.75) is 123 Å². The summed E-state index contributed by atoms with van der Waals surface area (Å²) in [7, 11) is 0. The van der Waals surface area contributed by atoms with Crippen molar-refractivity contribution in [3.8, 4) is 0 Å². The predicted octanol–water partition coefficient (Wildman–Crippen LogP) is 5.47. The number of hydrogen-bond donors (Lipinski definition) is 2. The Labute approximate surface area is 230 Å². The fraction of sp³-hybridized carbons (Fsp3) is 0.828. The Hall–Kier alpha value is -1.60. The van der Waals surface area contributed by atoms with Crippen molar-refractivity contribution >= 4 is 24.2 Å². The molecule has 1 spiro atoms. The molecule has 0 radical (unpaired) electrons. The second-order valence-electron chi connectivity index (χ2n) is 12.8. The average molecular weight is 536 g/mol. The summed E-state index contributed by atoms with van der Waals surface area (Å²) in [6, 6.07) is -0.140. The lowest BCUT2D eigenvalue weighted by molar-refractivity contribution is -0.162. The first kappa shape index (κ1) is 29.9. The molecule has 1 aromatic heterocycles. The zero-order valence-corrected chi connectivity index (χ0v) is 24.8. The number of amides is 2. The Kier molecular flexibility index (Phi) is 9.76. The van der Waals surface area contributed by atoms with E-state index in [2.05, 4.69) is 62.0 Å². The summed E-state index contributed by atoms with van der Waals surface area (Å²) in [5, 5.41) is 10.9. The summed E-state index contributed by atoms with van der Waals surface area (Å²) >= 11 is 0. The number of unbranched alkanes of at least 4 members (excludes halogenated alkanes) is 1. The zero-order chi connectivity index (χ0) is 26.1. The van der Waals surface area contributed by atoms with Gasteiger partial charge in [-0.3, -0.25) is 19.6 Å². The number of likely N-dealkylation sites (tertiary alicyclic amines) is 1. The predicted molar refractivity (Wildman–Crippen MR) is 151 cm³/mol. The highest BCUT2D eigenvalue weighted by Gasteiger charge is 2.54. The van der Waals surface area contributed by atoms with Crippen LogP contribution in [0.4, 0.5) is 0 Å². The van der Waals surface area contributed by atoms with Crippen molar-refractivity contribution in [2.24, 2.45) is 11.3 Å². The highest BCUT2D eigenvalue weighted by Crippen LogP contribution is 2.44. The molecule has 2 N–H and O–H groups in total. The Morgan fingerprint density at radius 1 is 1.08 bits per heavy atom. The molecule has 3 heterocycles. The Morgan fingerprint density at radius 3 is 2.27 bits per heavy atom. The van der Waals surface area contributed by atoms with Gasteiger partial charge in [0, 0.05) is 36.9 Å². The van der Waals surface area contributed by atoms with Crippen LogP contribution in [0.3, 0.4) is 0 Å². The van der Waals surface area contributed by atoms with Crippen LogP contribution < -0.4 is 5.32 Å². The van der Waals surface area contributed by atoms with Crippen LogP contribution in [0.25, 0.3) is 0 Å². The molecule has 2 saturated heterocycles. The molecule has 7 nitrogen and oxygen atoms in total. The lowest BCUT2D eigenvalue weighted by Gasteiger charge is -2.54. The lowest BCUT2D eigenvalue weighted by atomic mass is 9.76. The first-order chi connectivity index (χ1) is 17.1. The van der Waals surface area contributed by atoms with Gasteiger partial charge in [0.05, 0.1) is 5.69 Å². The minimum Gasteiger partial charge on any atom is -0.342 e. The number of carbonyl (C=O) groups is 2. The highest BCUT2D eigenvalue weighted by atomic mass is 35.5. The van der Waals surface area contributed by atoms with E-state index in [-0.39, 0.29) is 41.7 Å². The third-order valence-electron chi connectivity index (χ3n) is 9.11. The van der Waals surface area contributed by atoms with Gasteiger partial charge >= 0.3 is 0 Å². The van der Waals surface area contributed by atoms with Gasteiger partial charge in [-0.05, 0) is 50.9 Å². The van der Waals surface area contributed by atoms with E-state index in [1.165, 1.54) is 37.7 Å². The number of aryl methyl sites for hydroxylation is 2. The molecule has 1 unspecified atom stereocenters. The van der Waals surface area contributed by atoms with Crippen LogP contribution in [-0.4, -0.2) is 63.0 Å². The summed E-state index contributed by atoms with van der Waals surface area (Å²) < 4.78 is 0. The lowest BCUT2D eigenvalue weighted by Crippen LogP contribution is -2.73. The van der Waals surface area contributed by atoms with Crippen LogP contribution >= 0.6 is 12.4 Å². The molecule has 4 rings (SSSR count). The van der Waals surface area contributed by atoms with Gasteiger partial charge in [-0.2, -0.15) is 5.10 Å². The van der Waals surface area contributed by atoms with E-state index in [0.29, 0.717) is 25.3 Å². The molecule has 3 fully saturated rings. The molecular formula is C29H50ClN5O2. The molecular weight excluding hydrogens is 486 g/mol. The molecule has 1 saturated carbocycles. The van der Waals surface area contributed by atoms with E-state index >= 15 is 0 Å². The molecule has 2 atom stereocenters. The number of H-pyrrole nitrogens is 1. The van der Waals surface area contributed by atoms with Crippen molar-refractivity contribution in [1.82, 2.24) is 25.3 Å². The molecule has 210 valence electrons. The summed E-state index contributed by atoms with van der Waals surface area (Å²) in [6.07, 6.45) is 10.3. The molecule has 8 heteroatoms. The molecule has 0 aromatic carbocycles. The fourth-order valence-electron chi connectivity index (χ4n) is 7.21. The van der Waals surface area contributed by atoms with E-state index in [0.717, 1.165) is 43.7 Å². The molecule has 2 amide bonds. The first-order valence-electron chi connectivity index (χ1n) is 14.5. The molecule has 3 aliphatic rings. The van der Waals surface area contributed by atoms with Crippen LogP contribution in [-0.2, 0) is 9.59 Å². The minimum absolute atomic E-state index is 0. The summed E-state index contributed by atoms with van der Waals surface area (Å²) in [5.41, 5.74) is 2.75. The fourth-order valence-corrected chi connectivity index (χ4v) is 7.21. The smallest absolute Gasteiger partial charge is 0.246 e. The van der Waals surface area contributed by atoms with Crippen LogP contribution in [0.2, 0.25) is 0 Å². The number of carbonyl (C=O) groups excluding carboxylic acids is 2. The number of halogens is 1. The summed E-state index contributed by atoms with van der Waals surface area (Å²) in [4.78, 5) is 32.2. The van der Waals surface area contributed by atoms with E-state index in [1.54, 1.807) is 0 Å². The van der Waals surface area contributed by atoms with Gasteiger partial charge in [0.15, 0.2) is 0 Å². The van der Waals surface area contributed by atoms with Gasteiger partial charge in [-0.1, -0.05) is 66.2 Å². The highest BCUT2D eigenvalue weighted by molar-refractivity contribution is 6.00. The van der Waals surface area contributed by atoms with Gasteiger partial charge < -0.3 is 10.2 Å². The van der Waals surface area contributed by atoms with Crippen LogP contribution in [0, 0.1) is 25.2 Å². The minimum atomic E-state index is -0.714. The maximum atomic E-state index is 13.9. The van der Waals surface area contributed by atoms with Crippen molar-refractivity contribution in [3.63, 3.8) is 0 Å². The summed E-state index contributed by atoms with van der Waals surface area (Å²) in [5.74, 6) is 0.809. The van der Waals surface area contributed by atoms with Crippen molar-refractivity contribution < 1.29 is 9.59 Å². The summed E-state index contributed by atoms with van der Waals surface area (Å²) in [6.45, 7) is 15.5. The number of aromatic amines is 1. The molecule has 2 aliphatic heterocycles. The number of nitrogens with zero attached hydrogens (tertiary/aromatic N) is 3. The molecule has 37 heavy (non-hydrogen) atoms. The maximum Gasteiger partial charge on any atom is 0.246 e. The van der Waals surface area contributed by atoms with Crippen molar-refractivity contribution in [3.05, 3.63) is 17.0 Å². The number of rotatable bonds is 7. The standard InChI is InChI=1S/C29H49N5O2.ClH/c1-7-8-16-34-26(35)23(19-22-12-10-9-11-13-22)30-27(36)29(34)14-17-33(18-15-29)25(28(4,5)6)24-20(2)31-32-21(24)3;/h22-23,25H,7-19H2,1-6H3,(H,30,36)(H,31,32);1H/t23-,25?;/m0./s1. The van der Waals surface area contributed by atoms with Gasteiger partial charge in [0.1, 0.15) is 11.6 Å². The van der Waals surface area contributed by atoms with E-state index in [4.69, 9.17) is 0 Å². The SMILES string of the molecule is CCCCN1C(=O)[C@H](CC2CCCCC2)NC(=O)C12CCN(C(c1c(C)n[nH]c1C)C(C)(C)C)CC2.Cl. The quantitative estimate of drug-likeness (QED) is 0.485. The number of nitrogens with one attached hydrogen (secondary N) is 2. The van der Waals surface area contributed by atoms with Crippen molar-refractivity contribution in [2.75, 3.05) is 19.6 Å². The van der Waals surface area contributed by atoms with Crippen molar-refractivity contribution in [1.29, 1.82) is 0 Å². The maximum absolute atomic E-state index is 13.9. The number of piperidine rings is 1. The Bertz CT molecular complexity index is 906. The van der Waals surface area contributed by atoms with Gasteiger partial charge in [0.25, 0.3) is 0 Å². The Balaban J connectivity index is 0.00000380. The second-order valence-corrected chi connectivity index (χ2v) is 12.8. The average Bonchev–Trinajstić information content (AvgIpc) is 3.16. The second kappa shape index (κ2) is 12.1. The first-order valence-corrected chi connectivity index (χ1v) is 14.5. The molecule has 1 aromatic rings. The van der Waals surface area contributed by atoms with E-state index < -0.39 is 5.54 Å². The number of piperazine rings is 1. The monoisotopic (exact) mass is 535 g/mol. The van der Waals surface area contributed by atoms with Crippen LogP contribution in [0.5, 0.6) is 0 Å². The third kappa shape index (κ3) is 6.03. The number of hydrogen-bond acceptors (Lipinski definition) is 4.